The number of hydrogen-bond donors (Lipinski definition) is 2. The summed E-state index contributed by atoms with van der Waals surface area (Å²) in [6, 6.07) is 5.59. The molecular formula is C15H21ClFN3O2. The third-order valence-electron chi connectivity index (χ3n) is 3.62. The number of nitrogens with one attached hydrogen (secondary N) is 2. The minimum atomic E-state index is -0.573. The lowest BCUT2D eigenvalue weighted by Gasteiger charge is -2.19. The molecule has 2 amide bonds. The van der Waals surface area contributed by atoms with E-state index < -0.39 is 11.9 Å². The Morgan fingerprint density at radius 3 is 2.77 bits per heavy atom. The first-order valence-electron chi connectivity index (χ1n) is 7.05. The number of carbonyl (C=O) groups is 2. The number of amides is 2. The van der Waals surface area contributed by atoms with Gasteiger partial charge in [0, 0.05) is 19.0 Å². The molecule has 0 saturated carbocycles. The monoisotopic (exact) mass is 329 g/mol. The molecule has 5 nitrogen and oxygen atoms in total. The van der Waals surface area contributed by atoms with E-state index in [2.05, 4.69) is 10.6 Å². The van der Waals surface area contributed by atoms with Crippen LogP contribution in [0, 0.1) is 11.7 Å². The van der Waals surface area contributed by atoms with Crippen LogP contribution in [-0.2, 0) is 9.59 Å². The molecule has 1 aromatic carbocycles. The molecule has 0 spiro atoms. The van der Waals surface area contributed by atoms with Gasteiger partial charge in [0.15, 0.2) is 0 Å². The minimum Gasteiger partial charge on any atom is -0.344 e. The zero-order valence-corrected chi connectivity index (χ0v) is 13.5. The molecule has 1 heterocycles. The Bertz CT molecular complexity index is 541. The Morgan fingerprint density at radius 2 is 2.14 bits per heavy atom. The van der Waals surface area contributed by atoms with Crippen LogP contribution in [0.4, 0.5) is 10.1 Å². The Kier molecular flexibility index (Phi) is 6.77. The lowest BCUT2D eigenvalue weighted by atomic mass is 10.1. The molecule has 1 fully saturated rings. The number of nitrogens with zero attached hydrogens (tertiary/aromatic N) is 1. The fraction of sp³-hybridized carbons (Fsp3) is 0.467. The molecule has 22 heavy (non-hydrogen) atoms. The number of carbonyl (C=O) groups excluding carboxylic acids is 2. The highest BCUT2D eigenvalue weighted by Crippen LogP contribution is 2.24. The van der Waals surface area contributed by atoms with Gasteiger partial charge in [0.2, 0.25) is 11.8 Å². The third kappa shape index (κ3) is 3.96. The summed E-state index contributed by atoms with van der Waals surface area (Å²) in [5.41, 5.74) is 0.266. The second-order valence-electron chi connectivity index (χ2n) is 5.25. The number of para-hydroxylation sites is 1. The highest BCUT2D eigenvalue weighted by molar-refractivity contribution is 6.01. The van der Waals surface area contributed by atoms with E-state index in [0.717, 1.165) is 0 Å². The summed E-state index contributed by atoms with van der Waals surface area (Å²) in [5, 5.41) is 5.66. The Morgan fingerprint density at radius 1 is 1.45 bits per heavy atom. The summed E-state index contributed by atoms with van der Waals surface area (Å²) in [4.78, 5) is 25.6. The molecule has 0 aliphatic carbocycles. The Balaban J connectivity index is 0.00000242. The summed E-state index contributed by atoms with van der Waals surface area (Å²) in [5.74, 6) is -1.07. The normalized spacial score (nSPS) is 18.8. The first kappa shape index (κ1) is 18.4. The van der Waals surface area contributed by atoms with Crippen LogP contribution in [0.3, 0.4) is 0 Å². The van der Waals surface area contributed by atoms with E-state index in [0.29, 0.717) is 19.5 Å². The number of hydrogen-bond acceptors (Lipinski definition) is 3. The van der Waals surface area contributed by atoms with Gasteiger partial charge in [-0.2, -0.15) is 0 Å². The number of anilines is 1. The van der Waals surface area contributed by atoms with Crippen LogP contribution >= 0.6 is 12.4 Å². The Labute approximate surface area is 135 Å². The maximum absolute atomic E-state index is 13.7. The molecule has 2 atom stereocenters. The smallest absolute Gasteiger partial charge is 0.249 e. The minimum absolute atomic E-state index is 0. The number of halogens is 2. The lowest BCUT2D eigenvalue weighted by Crippen LogP contribution is -2.45. The van der Waals surface area contributed by atoms with Crippen molar-refractivity contribution >= 4 is 29.9 Å². The van der Waals surface area contributed by atoms with Crippen molar-refractivity contribution in [1.82, 2.24) is 10.6 Å². The van der Waals surface area contributed by atoms with Crippen molar-refractivity contribution in [3.05, 3.63) is 30.1 Å². The average molecular weight is 330 g/mol. The van der Waals surface area contributed by atoms with Gasteiger partial charge in [-0.15, -0.1) is 12.4 Å². The van der Waals surface area contributed by atoms with Crippen LogP contribution in [0.15, 0.2) is 24.3 Å². The van der Waals surface area contributed by atoms with Crippen molar-refractivity contribution in [2.24, 2.45) is 5.92 Å². The molecule has 7 heteroatoms. The first-order chi connectivity index (χ1) is 10.0. The maximum Gasteiger partial charge on any atom is 0.249 e. The summed E-state index contributed by atoms with van der Waals surface area (Å²) < 4.78 is 13.7. The lowest BCUT2D eigenvalue weighted by molar-refractivity contribution is -0.128. The van der Waals surface area contributed by atoms with Crippen molar-refractivity contribution in [2.45, 2.75) is 19.4 Å². The summed E-state index contributed by atoms with van der Waals surface area (Å²) >= 11 is 0. The fourth-order valence-electron chi connectivity index (χ4n) is 2.44. The highest BCUT2D eigenvalue weighted by Gasteiger charge is 2.35. The van der Waals surface area contributed by atoms with Crippen molar-refractivity contribution < 1.29 is 14.0 Å². The quantitative estimate of drug-likeness (QED) is 0.856. The van der Waals surface area contributed by atoms with E-state index in [-0.39, 0.29) is 35.8 Å². The van der Waals surface area contributed by atoms with Gasteiger partial charge in [-0.3, -0.25) is 9.59 Å². The highest BCUT2D eigenvalue weighted by atomic mass is 35.5. The average Bonchev–Trinajstić information content (AvgIpc) is 2.81. The van der Waals surface area contributed by atoms with Crippen molar-refractivity contribution in [3.8, 4) is 0 Å². The molecule has 1 aliphatic rings. The van der Waals surface area contributed by atoms with E-state index >= 15 is 0 Å². The standard InChI is InChI=1S/C15H20FN3O2.ClH/c1-10(9-17-2)14(20)18-12-7-8-19(15(12)21)13-6-4-3-5-11(13)16;/h3-6,10,12,17H,7-9H2,1-2H3,(H,18,20);1H. The SMILES string of the molecule is CNCC(C)C(=O)NC1CCN(c2ccccc2F)C1=O.Cl. The second-order valence-corrected chi connectivity index (χ2v) is 5.25. The topological polar surface area (TPSA) is 61.4 Å². The van der Waals surface area contributed by atoms with Crippen LogP contribution in [0.25, 0.3) is 0 Å². The summed E-state index contributed by atoms with van der Waals surface area (Å²) in [6.07, 6.45) is 0.491. The van der Waals surface area contributed by atoms with Crippen molar-refractivity contribution in [3.63, 3.8) is 0 Å². The van der Waals surface area contributed by atoms with Crippen LogP contribution in [0.2, 0.25) is 0 Å². The van der Waals surface area contributed by atoms with Gasteiger partial charge in [0.05, 0.1) is 5.69 Å². The van der Waals surface area contributed by atoms with Gasteiger partial charge in [-0.1, -0.05) is 19.1 Å². The van der Waals surface area contributed by atoms with E-state index in [1.165, 1.54) is 11.0 Å². The number of rotatable bonds is 5. The molecule has 1 aliphatic heterocycles. The molecule has 2 N–H and O–H groups in total. The predicted octanol–water partition coefficient (Wildman–Crippen LogP) is 1.32. The molecule has 2 unspecified atom stereocenters. The van der Waals surface area contributed by atoms with Gasteiger partial charge in [0.25, 0.3) is 0 Å². The van der Waals surface area contributed by atoms with Crippen LogP contribution in [-0.4, -0.2) is 38.0 Å². The molecule has 1 saturated heterocycles. The van der Waals surface area contributed by atoms with Crippen molar-refractivity contribution in [2.75, 3.05) is 25.0 Å². The molecule has 0 radical (unpaired) electrons. The first-order valence-corrected chi connectivity index (χ1v) is 7.05. The molecule has 0 aromatic heterocycles. The summed E-state index contributed by atoms with van der Waals surface area (Å²) in [6.45, 7) is 2.74. The molecule has 2 rings (SSSR count). The van der Waals surface area contributed by atoms with Crippen LogP contribution in [0.5, 0.6) is 0 Å². The fourth-order valence-corrected chi connectivity index (χ4v) is 2.44. The van der Waals surface area contributed by atoms with E-state index in [1.807, 2.05) is 0 Å². The van der Waals surface area contributed by atoms with Gasteiger partial charge >= 0.3 is 0 Å². The van der Waals surface area contributed by atoms with Gasteiger partial charge in [-0.25, -0.2) is 4.39 Å². The maximum atomic E-state index is 13.7. The largest absolute Gasteiger partial charge is 0.344 e. The van der Waals surface area contributed by atoms with Gasteiger partial charge in [-0.05, 0) is 25.6 Å². The number of benzene rings is 1. The predicted molar refractivity (Wildman–Crippen MR) is 85.6 cm³/mol. The Hall–Kier alpha value is -1.66. The molecule has 0 bridgehead atoms. The van der Waals surface area contributed by atoms with Crippen molar-refractivity contribution in [1.29, 1.82) is 0 Å². The van der Waals surface area contributed by atoms with Gasteiger partial charge in [0.1, 0.15) is 11.9 Å². The van der Waals surface area contributed by atoms with E-state index in [1.54, 1.807) is 32.2 Å². The molecular weight excluding hydrogens is 309 g/mol. The molecule has 1 aromatic rings. The van der Waals surface area contributed by atoms with Crippen LogP contribution in [0.1, 0.15) is 13.3 Å². The second kappa shape index (κ2) is 8.10. The zero-order chi connectivity index (χ0) is 15.4. The van der Waals surface area contributed by atoms with Gasteiger partial charge < -0.3 is 15.5 Å². The van der Waals surface area contributed by atoms with E-state index in [4.69, 9.17) is 0 Å². The van der Waals surface area contributed by atoms with Crippen LogP contribution < -0.4 is 15.5 Å². The van der Waals surface area contributed by atoms with E-state index in [9.17, 15) is 14.0 Å². The zero-order valence-electron chi connectivity index (χ0n) is 12.6. The summed E-state index contributed by atoms with van der Waals surface area (Å²) in [7, 11) is 1.77. The molecule has 122 valence electrons. The third-order valence-corrected chi connectivity index (χ3v) is 3.62.